The zero-order chi connectivity index (χ0) is 13.7. The van der Waals surface area contributed by atoms with E-state index in [0.29, 0.717) is 0 Å². The van der Waals surface area contributed by atoms with Crippen molar-refractivity contribution in [2.24, 2.45) is 0 Å². The van der Waals surface area contributed by atoms with E-state index in [4.69, 9.17) is 9.47 Å². The molecule has 0 aliphatic carbocycles. The van der Waals surface area contributed by atoms with Crippen LogP contribution in [0.25, 0.3) is 0 Å². The highest BCUT2D eigenvalue weighted by Gasteiger charge is 2.27. The van der Waals surface area contributed by atoms with Gasteiger partial charge in [0.05, 0.1) is 5.56 Å². The molecule has 0 aliphatic heterocycles. The first-order chi connectivity index (χ1) is 8.51. The Morgan fingerprint density at radius 2 is 1.67 bits per heavy atom. The topological polar surface area (TPSA) is 35.5 Å². The van der Waals surface area contributed by atoms with Crippen LogP contribution < -0.4 is 0 Å². The van der Waals surface area contributed by atoms with E-state index < -0.39 is 29.3 Å². The number of hydrogen-bond acceptors (Lipinski definition) is 3. The minimum absolute atomic E-state index is 0.205. The first-order valence-electron chi connectivity index (χ1n) is 5.43. The summed E-state index contributed by atoms with van der Waals surface area (Å²) in [6.07, 6.45) is -1.29. The van der Waals surface area contributed by atoms with Crippen molar-refractivity contribution in [1.82, 2.24) is 0 Å². The largest absolute Gasteiger partial charge is 0.346 e. The van der Waals surface area contributed by atoms with Crippen molar-refractivity contribution in [1.29, 1.82) is 0 Å². The lowest BCUT2D eigenvalue weighted by molar-refractivity contribution is -0.107. The van der Waals surface area contributed by atoms with E-state index in [2.05, 4.69) is 15.9 Å². The molecule has 0 amide bonds. The fraction of sp³-hybridized carbons (Fsp3) is 0.417. The van der Waals surface area contributed by atoms with Gasteiger partial charge in [-0.3, -0.25) is 4.79 Å². The number of carbonyl (C=O) groups is 1. The summed E-state index contributed by atoms with van der Waals surface area (Å²) in [6, 6.07) is 2.04. The number of carbonyl (C=O) groups excluding carboxylic acids is 1. The van der Waals surface area contributed by atoms with Gasteiger partial charge in [-0.25, -0.2) is 8.78 Å². The number of ketones is 1. The summed E-state index contributed by atoms with van der Waals surface area (Å²) >= 11 is 2.94. The molecule has 1 aromatic carbocycles. The Morgan fingerprint density at radius 3 is 2.06 bits per heavy atom. The summed E-state index contributed by atoms with van der Waals surface area (Å²) in [5, 5.41) is 0. The van der Waals surface area contributed by atoms with Crippen molar-refractivity contribution >= 4 is 21.7 Å². The second-order valence-corrected chi connectivity index (χ2v) is 4.27. The second kappa shape index (κ2) is 6.92. The molecule has 0 aromatic heterocycles. The fourth-order valence-electron chi connectivity index (χ4n) is 1.40. The molecule has 6 heteroatoms. The molecule has 1 rings (SSSR count). The average molecular weight is 323 g/mol. The van der Waals surface area contributed by atoms with Gasteiger partial charge in [0.1, 0.15) is 11.6 Å². The highest BCUT2D eigenvalue weighted by molar-refractivity contribution is 9.10. The summed E-state index contributed by atoms with van der Waals surface area (Å²) in [5.74, 6) is -2.76. The summed E-state index contributed by atoms with van der Waals surface area (Å²) in [7, 11) is 0. The Balaban J connectivity index is 3.08. The maximum absolute atomic E-state index is 13.6. The third kappa shape index (κ3) is 3.57. The van der Waals surface area contributed by atoms with Crippen LogP contribution in [0.15, 0.2) is 16.6 Å². The highest BCUT2D eigenvalue weighted by Crippen LogP contribution is 2.21. The molecular formula is C12H13BrF2O3. The van der Waals surface area contributed by atoms with Gasteiger partial charge < -0.3 is 9.47 Å². The smallest absolute Gasteiger partial charge is 0.224 e. The number of ether oxygens (including phenoxy) is 2. The van der Waals surface area contributed by atoms with Gasteiger partial charge in [-0.15, -0.1) is 0 Å². The van der Waals surface area contributed by atoms with Crippen molar-refractivity contribution in [3.05, 3.63) is 33.8 Å². The van der Waals surface area contributed by atoms with Crippen LogP contribution in [0.5, 0.6) is 0 Å². The van der Waals surface area contributed by atoms with Crippen molar-refractivity contribution < 1.29 is 23.0 Å². The average Bonchev–Trinajstić information content (AvgIpc) is 2.27. The molecule has 0 saturated heterocycles. The molecule has 0 radical (unpaired) electrons. The van der Waals surface area contributed by atoms with Crippen LogP contribution in [-0.2, 0) is 9.47 Å². The fourth-order valence-corrected chi connectivity index (χ4v) is 1.80. The zero-order valence-electron chi connectivity index (χ0n) is 10.0. The molecule has 0 unspecified atom stereocenters. The van der Waals surface area contributed by atoms with Crippen molar-refractivity contribution in [2.45, 2.75) is 20.1 Å². The predicted octanol–water partition coefficient (Wildman–Crippen LogP) is 3.31. The molecule has 1 aromatic rings. The Kier molecular flexibility index (Phi) is 5.84. The van der Waals surface area contributed by atoms with Gasteiger partial charge in [0, 0.05) is 17.7 Å². The van der Waals surface area contributed by atoms with Crippen molar-refractivity contribution in [2.75, 3.05) is 13.2 Å². The molecule has 0 saturated carbocycles. The Morgan fingerprint density at radius 1 is 1.22 bits per heavy atom. The van der Waals surface area contributed by atoms with Gasteiger partial charge in [0.15, 0.2) is 0 Å². The first kappa shape index (κ1) is 15.2. The Hall–Kier alpha value is -0.850. The lowest BCUT2D eigenvalue weighted by atomic mass is 10.1. The van der Waals surface area contributed by atoms with Crippen LogP contribution in [0.2, 0.25) is 0 Å². The molecule has 18 heavy (non-hydrogen) atoms. The summed E-state index contributed by atoms with van der Waals surface area (Å²) in [6.45, 7) is 3.73. The normalized spacial score (nSPS) is 11.0. The molecule has 0 bridgehead atoms. The minimum atomic E-state index is -1.29. The third-order valence-corrected chi connectivity index (χ3v) is 2.56. The highest BCUT2D eigenvalue weighted by atomic mass is 79.9. The molecule has 0 spiro atoms. The second-order valence-electron chi connectivity index (χ2n) is 3.35. The van der Waals surface area contributed by atoms with E-state index in [1.54, 1.807) is 13.8 Å². The predicted molar refractivity (Wildman–Crippen MR) is 65.4 cm³/mol. The Bertz CT molecular complexity index is 408. The number of Topliss-reactive ketones (excluding diaryl/α,β-unsaturated/α-hetero) is 1. The van der Waals surface area contributed by atoms with Crippen LogP contribution in [0.1, 0.15) is 24.2 Å². The maximum Gasteiger partial charge on any atom is 0.224 e. The summed E-state index contributed by atoms with van der Waals surface area (Å²) < 4.78 is 37.5. The molecule has 0 fully saturated rings. The summed E-state index contributed by atoms with van der Waals surface area (Å²) in [4.78, 5) is 11.9. The van der Waals surface area contributed by atoms with E-state index in [-0.39, 0.29) is 17.7 Å². The minimum Gasteiger partial charge on any atom is -0.346 e. The molecule has 3 nitrogen and oxygen atoms in total. The standard InChI is InChI=1S/C12H13BrF2O3/c1-3-17-12(18-4-2)11(16)10-8(14)5-7(13)6-9(10)15/h5-6,12H,3-4H2,1-2H3. The van der Waals surface area contributed by atoms with E-state index in [9.17, 15) is 13.6 Å². The summed E-state index contributed by atoms with van der Waals surface area (Å²) in [5.41, 5.74) is -0.648. The molecule has 0 heterocycles. The van der Waals surface area contributed by atoms with E-state index in [0.717, 1.165) is 12.1 Å². The zero-order valence-corrected chi connectivity index (χ0v) is 11.6. The Labute approximate surface area is 112 Å². The van der Waals surface area contributed by atoms with Crippen LogP contribution >= 0.6 is 15.9 Å². The maximum atomic E-state index is 13.6. The van der Waals surface area contributed by atoms with Crippen LogP contribution in [-0.4, -0.2) is 25.3 Å². The first-order valence-corrected chi connectivity index (χ1v) is 6.22. The van der Waals surface area contributed by atoms with Crippen molar-refractivity contribution in [3.8, 4) is 0 Å². The molecule has 0 atom stereocenters. The molecule has 0 aliphatic rings. The molecular weight excluding hydrogens is 310 g/mol. The monoisotopic (exact) mass is 322 g/mol. The molecule has 0 N–H and O–H groups in total. The quantitative estimate of drug-likeness (QED) is 0.595. The van der Waals surface area contributed by atoms with E-state index in [1.165, 1.54) is 0 Å². The lowest BCUT2D eigenvalue weighted by Gasteiger charge is -2.16. The number of halogens is 3. The van der Waals surface area contributed by atoms with Crippen LogP contribution in [0.4, 0.5) is 8.78 Å². The lowest BCUT2D eigenvalue weighted by Crippen LogP contribution is -2.29. The number of rotatable bonds is 6. The van der Waals surface area contributed by atoms with Gasteiger partial charge in [0.2, 0.25) is 12.1 Å². The van der Waals surface area contributed by atoms with Crippen LogP contribution in [0.3, 0.4) is 0 Å². The van der Waals surface area contributed by atoms with Crippen LogP contribution in [0, 0.1) is 11.6 Å². The van der Waals surface area contributed by atoms with Gasteiger partial charge in [-0.1, -0.05) is 15.9 Å². The molecule has 100 valence electrons. The van der Waals surface area contributed by atoms with E-state index >= 15 is 0 Å². The SMILES string of the molecule is CCOC(OCC)C(=O)c1c(F)cc(Br)cc1F. The van der Waals surface area contributed by atoms with Gasteiger partial charge >= 0.3 is 0 Å². The number of hydrogen-bond donors (Lipinski definition) is 0. The van der Waals surface area contributed by atoms with E-state index in [1.807, 2.05) is 0 Å². The van der Waals surface area contributed by atoms with Crippen molar-refractivity contribution in [3.63, 3.8) is 0 Å². The van der Waals surface area contributed by atoms with Gasteiger partial charge in [0.25, 0.3) is 0 Å². The van der Waals surface area contributed by atoms with Gasteiger partial charge in [-0.2, -0.15) is 0 Å². The number of benzene rings is 1. The van der Waals surface area contributed by atoms with Gasteiger partial charge in [-0.05, 0) is 26.0 Å². The third-order valence-electron chi connectivity index (χ3n) is 2.10.